The molecule has 0 aliphatic heterocycles. The van der Waals surface area contributed by atoms with Crippen LogP contribution in [-0.2, 0) is 0 Å². The summed E-state index contributed by atoms with van der Waals surface area (Å²) in [6, 6.07) is 0. The summed E-state index contributed by atoms with van der Waals surface area (Å²) in [6.45, 7) is 4.04. The highest BCUT2D eigenvalue weighted by atomic mass is 31.2. The second kappa shape index (κ2) is 1.87. The summed E-state index contributed by atoms with van der Waals surface area (Å²) in [7, 11) is 0.736. The van der Waals surface area contributed by atoms with Gasteiger partial charge in [0.15, 0.2) is 0 Å². The summed E-state index contributed by atoms with van der Waals surface area (Å²) in [4.78, 5) is 0. The van der Waals surface area contributed by atoms with Gasteiger partial charge in [0.25, 0.3) is 0 Å². The van der Waals surface area contributed by atoms with Crippen LogP contribution in [0.1, 0.15) is 0 Å². The van der Waals surface area contributed by atoms with Gasteiger partial charge in [-0.3, -0.25) is 0 Å². The molecule has 0 spiro atoms. The van der Waals surface area contributed by atoms with Crippen molar-refractivity contribution in [3.05, 3.63) is 0 Å². The predicted octanol–water partition coefficient (Wildman–Crippen LogP) is 0.272. The number of nitrogens with one attached hydrogen (secondary N) is 1. The van der Waals surface area contributed by atoms with Gasteiger partial charge in [-0.05, 0) is 0 Å². The lowest BCUT2D eigenvalue weighted by molar-refractivity contribution is 1.23. The summed E-state index contributed by atoms with van der Waals surface area (Å²) in [5.41, 5.74) is 5.53. The van der Waals surface area contributed by atoms with Crippen molar-refractivity contribution in [3.8, 4) is 0 Å². The van der Waals surface area contributed by atoms with Crippen LogP contribution in [0.4, 0.5) is 0 Å². The van der Waals surface area contributed by atoms with Crippen LogP contribution in [-0.4, -0.2) is 20.4 Å². The molecule has 0 saturated carbocycles. The zero-order valence-electron chi connectivity index (χ0n) is 4.52. The lowest BCUT2D eigenvalue weighted by atomic mass is 11.6. The Morgan fingerprint density at radius 2 is 1.67 bits per heavy atom. The third-order valence-electron chi connectivity index (χ3n) is 0.576. The quantitative estimate of drug-likeness (QED) is 0.472. The molecule has 38 valence electrons. The van der Waals surface area contributed by atoms with Crippen LogP contribution in [0.15, 0.2) is 0 Å². The summed E-state index contributed by atoms with van der Waals surface area (Å²) in [6.07, 6.45) is 0. The minimum atomic E-state index is -1.15. The molecule has 0 aliphatic rings. The van der Waals surface area contributed by atoms with E-state index in [1.165, 1.54) is 0 Å². The molecule has 3 N–H and O–H groups in total. The van der Waals surface area contributed by atoms with E-state index in [1.807, 2.05) is 20.4 Å². The van der Waals surface area contributed by atoms with Crippen molar-refractivity contribution in [1.82, 2.24) is 5.09 Å². The van der Waals surface area contributed by atoms with Crippen molar-refractivity contribution >= 4 is 7.56 Å². The third kappa shape index (κ3) is 4.35. The van der Waals surface area contributed by atoms with E-state index in [1.54, 1.807) is 0 Å². The molecule has 0 radical (unpaired) electrons. The van der Waals surface area contributed by atoms with Crippen LogP contribution < -0.4 is 10.6 Å². The largest absolute Gasteiger partial charge is 0.189 e. The zero-order valence-corrected chi connectivity index (χ0v) is 5.42. The topological polar surface area (TPSA) is 38.0 Å². The molecule has 0 atom stereocenters. The van der Waals surface area contributed by atoms with Crippen LogP contribution in [0, 0.1) is 0 Å². The summed E-state index contributed by atoms with van der Waals surface area (Å²) in [5.74, 6) is 0. The number of rotatable bonds is 1. The number of hydrogen-bond acceptors (Lipinski definition) is 2. The Balaban J connectivity index is 3.17. The minimum Gasteiger partial charge on any atom is -0.189 e. The van der Waals surface area contributed by atoms with Gasteiger partial charge in [0, 0.05) is 7.05 Å². The Morgan fingerprint density at radius 1 is 1.50 bits per heavy atom. The highest BCUT2D eigenvalue weighted by Crippen LogP contribution is 2.33. The maximum atomic E-state index is 5.53. The first-order valence-electron chi connectivity index (χ1n) is 1.88. The Morgan fingerprint density at radius 3 is 1.67 bits per heavy atom. The van der Waals surface area contributed by atoms with Gasteiger partial charge in [0.2, 0.25) is 0 Å². The summed E-state index contributed by atoms with van der Waals surface area (Å²) in [5, 5.41) is 2.99. The Kier molecular flexibility index (Phi) is 1.98. The molecule has 0 bridgehead atoms. The lowest BCUT2D eigenvalue weighted by Crippen LogP contribution is -2.14. The van der Waals surface area contributed by atoms with E-state index in [9.17, 15) is 0 Å². The highest BCUT2D eigenvalue weighted by molar-refractivity contribution is 7.70. The number of hydrogen-bond donors (Lipinski definition) is 2. The van der Waals surface area contributed by atoms with E-state index >= 15 is 0 Å². The first-order valence-corrected chi connectivity index (χ1v) is 4.63. The van der Waals surface area contributed by atoms with Gasteiger partial charge in [0.1, 0.15) is 7.56 Å². The maximum Gasteiger partial charge on any atom is 0.137 e. The fraction of sp³-hybridized carbons (Fsp3) is 1.00. The highest BCUT2D eigenvalue weighted by Gasteiger charge is 2.11. The van der Waals surface area contributed by atoms with Crippen molar-refractivity contribution in [2.75, 3.05) is 20.4 Å². The predicted molar refractivity (Wildman–Crippen MR) is 32.0 cm³/mol. The van der Waals surface area contributed by atoms with Crippen molar-refractivity contribution < 1.29 is 0 Å². The van der Waals surface area contributed by atoms with Crippen LogP contribution >= 0.6 is 7.56 Å². The van der Waals surface area contributed by atoms with Gasteiger partial charge < -0.3 is 0 Å². The molecule has 0 saturated heterocycles. The second-order valence-electron chi connectivity index (χ2n) is 1.76. The normalized spacial score (nSPS) is 12.0. The van der Waals surface area contributed by atoms with Crippen LogP contribution in [0.5, 0.6) is 0 Å². The molecule has 0 unspecified atom stereocenters. The van der Waals surface area contributed by atoms with Crippen LogP contribution in [0.25, 0.3) is 0 Å². The molecule has 0 amide bonds. The molecule has 0 fully saturated rings. The van der Waals surface area contributed by atoms with Gasteiger partial charge in [-0.25, -0.2) is 0 Å². The van der Waals surface area contributed by atoms with E-state index in [-0.39, 0.29) is 0 Å². The van der Waals surface area contributed by atoms with E-state index in [2.05, 4.69) is 5.09 Å². The van der Waals surface area contributed by atoms with E-state index in [4.69, 9.17) is 5.50 Å². The van der Waals surface area contributed by atoms with Gasteiger partial charge in [-0.15, -0.1) is 0 Å². The average molecular weight is 107 g/mol. The zero-order chi connectivity index (χ0) is 5.21. The van der Waals surface area contributed by atoms with Crippen molar-refractivity contribution in [1.29, 1.82) is 0 Å². The summed E-state index contributed by atoms with van der Waals surface area (Å²) < 4.78 is 0. The summed E-state index contributed by atoms with van der Waals surface area (Å²) >= 11 is 0. The molecular formula is C3H12N2P+. The standard InChI is InChI=1S/C3H12N2P/c1-5-6(2,3)4/h5H,4H2,1-3H3/q+1. The monoisotopic (exact) mass is 107 g/mol. The first-order chi connectivity index (χ1) is 2.56. The molecule has 0 aromatic rings. The number of nitrogens with two attached hydrogens (primary N) is 1. The van der Waals surface area contributed by atoms with E-state index < -0.39 is 7.56 Å². The first kappa shape index (κ1) is 6.35. The SMILES string of the molecule is CN[P+](C)(C)N. The van der Waals surface area contributed by atoms with Gasteiger partial charge in [0.05, 0.1) is 13.3 Å². The minimum absolute atomic E-state index is 1.15. The van der Waals surface area contributed by atoms with E-state index in [0.717, 1.165) is 0 Å². The van der Waals surface area contributed by atoms with E-state index in [0.29, 0.717) is 0 Å². The molecule has 0 aromatic heterocycles. The Bertz CT molecular complexity index is 38.5. The molecule has 2 nitrogen and oxygen atoms in total. The lowest BCUT2D eigenvalue weighted by Gasteiger charge is -2.05. The maximum absolute atomic E-state index is 5.53. The third-order valence-corrected chi connectivity index (χ3v) is 1.73. The van der Waals surface area contributed by atoms with Crippen LogP contribution in [0.3, 0.4) is 0 Å². The molecule has 3 heteroatoms. The fourth-order valence-corrected chi connectivity index (χ4v) is 0. The van der Waals surface area contributed by atoms with Gasteiger partial charge in [-0.2, -0.15) is 10.6 Å². The Hall–Kier alpha value is 0.350. The molecule has 0 heterocycles. The molecule has 6 heavy (non-hydrogen) atoms. The average Bonchev–Trinajstić information content (AvgIpc) is 1.35. The smallest absolute Gasteiger partial charge is 0.137 e. The van der Waals surface area contributed by atoms with Crippen molar-refractivity contribution in [3.63, 3.8) is 0 Å². The fourth-order valence-electron chi connectivity index (χ4n) is 0. The van der Waals surface area contributed by atoms with Gasteiger partial charge >= 0.3 is 0 Å². The molecule has 0 rings (SSSR count). The second-order valence-corrected chi connectivity index (χ2v) is 5.29. The van der Waals surface area contributed by atoms with Crippen LogP contribution in [0.2, 0.25) is 0 Å². The molecule has 0 aliphatic carbocycles. The van der Waals surface area contributed by atoms with Crippen molar-refractivity contribution in [2.24, 2.45) is 5.50 Å². The van der Waals surface area contributed by atoms with Crippen molar-refractivity contribution in [2.45, 2.75) is 0 Å². The molecule has 0 aromatic carbocycles. The van der Waals surface area contributed by atoms with Gasteiger partial charge in [-0.1, -0.05) is 0 Å². The molecular weight excluding hydrogens is 95.0 g/mol. The Labute approximate surface area is 39.6 Å².